The van der Waals surface area contributed by atoms with Gasteiger partial charge in [-0.3, -0.25) is 0 Å². The predicted octanol–water partition coefficient (Wildman–Crippen LogP) is 2.31. The molecule has 68 valence electrons. The van der Waals surface area contributed by atoms with Crippen molar-refractivity contribution in [3.8, 4) is 0 Å². The maximum Gasteiger partial charge on any atom is 0.342 e. The lowest BCUT2D eigenvalue weighted by molar-refractivity contribution is -0.139. The van der Waals surface area contributed by atoms with Gasteiger partial charge in [-0.15, -0.1) is 5.73 Å². The van der Waals surface area contributed by atoms with Crippen LogP contribution in [0.5, 0.6) is 0 Å². The van der Waals surface area contributed by atoms with Crippen molar-refractivity contribution in [2.24, 2.45) is 5.92 Å². The molecule has 0 saturated heterocycles. The van der Waals surface area contributed by atoms with E-state index < -0.39 is 0 Å². The Labute approximate surface area is 73.9 Å². The highest BCUT2D eigenvalue weighted by Gasteiger charge is 2.13. The van der Waals surface area contributed by atoms with E-state index >= 15 is 0 Å². The molecule has 0 unspecified atom stereocenters. The molecule has 0 aromatic heterocycles. The molecule has 0 rings (SSSR count). The minimum absolute atomic E-state index is 0.131. The highest BCUT2D eigenvalue weighted by atomic mass is 16.5. The fourth-order valence-corrected chi connectivity index (χ4v) is 0.785. The molecule has 0 aliphatic rings. The minimum atomic E-state index is -0.290. The lowest BCUT2D eigenvalue weighted by Gasteiger charge is -2.07. The first-order valence-corrected chi connectivity index (χ1v) is 4.20. The summed E-state index contributed by atoms with van der Waals surface area (Å²) >= 11 is 0. The Morgan fingerprint density at radius 3 is 2.50 bits per heavy atom. The monoisotopic (exact) mass is 168 g/mol. The van der Waals surface area contributed by atoms with Crippen LogP contribution in [0, 0.1) is 5.92 Å². The Balaban J connectivity index is 4.16. The first kappa shape index (κ1) is 11.0. The molecule has 0 atom stereocenters. The average molecular weight is 168 g/mol. The molecule has 0 aromatic carbocycles. The Morgan fingerprint density at radius 1 is 1.58 bits per heavy atom. The molecule has 0 aromatic rings. The Bertz CT molecular complexity index is 198. The summed E-state index contributed by atoms with van der Waals surface area (Å²) in [6, 6.07) is 0. The van der Waals surface area contributed by atoms with Crippen LogP contribution in [0.4, 0.5) is 0 Å². The third kappa shape index (κ3) is 3.40. The van der Waals surface area contributed by atoms with E-state index in [0.717, 1.165) is 6.42 Å². The number of carbonyl (C=O) groups is 1. The number of rotatable bonds is 4. The van der Waals surface area contributed by atoms with E-state index in [9.17, 15) is 4.79 Å². The summed E-state index contributed by atoms with van der Waals surface area (Å²) < 4.78 is 4.93. The number of esters is 1. The van der Waals surface area contributed by atoms with E-state index in [1.54, 1.807) is 0 Å². The van der Waals surface area contributed by atoms with Gasteiger partial charge in [-0.05, 0) is 12.3 Å². The maximum absolute atomic E-state index is 11.2. The quantitative estimate of drug-likeness (QED) is 0.366. The van der Waals surface area contributed by atoms with Gasteiger partial charge in [0.15, 0.2) is 0 Å². The minimum Gasteiger partial charge on any atom is -0.462 e. The average Bonchev–Trinajstić information content (AvgIpc) is 2.01. The number of ether oxygens (including phenoxy) is 1. The molecule has 2 heteroatoms. The van der Waals surface area contributed by atoms with Crippen LogP contribution < -0.4 is 0 Å². The van der Waals surface area contributed by atoms with Gasteiger partial charge in [0.2, 0.25) is 0 Å². The van der Waals surface area contributed by atoms with Gasteiger partial charge in [-0.2, -0.15) is 0 Å². The number of hydrogen-bond donors (Lipinski definition) is 0. The molecule has 0 aliphatic heterocycles. The van der Waals surface area contributed by atoms with Crippen LogP contribution in [0.1, 0.15) is 27.2 Å². The van der Waals surface area contributed by atoms with Crippen molar-refractivity contribution in [3.05, 3.63) is 17.9 Å². The van der Waals surface area contributed by atoms with Crippen molar-refractivity contribution >= 4 is 5.97 Å². The zero-order chi connectivity index (χ0) is 9.56. The Kier molecular flexibility index (Phi) is 5.14. The van der Waals surface area contributed by atoms with E-state index in [2.05, 4.69) is 12.3 Å². The van der Waals surface area contributed by atoms with Crippen LogP contribution in [-0.4, -0.2) is 12.6 Å². The maximum atomic E-state index is 11.2. The van der Waals surface area contributed by atoms with Gasteiger partial charge >= 0.3 is 5.97 Å². The number of carbonyl (C=O) groups excluding carboxylic acids is 1. The summed E-state index contributed by atoms with van der Waals surface area (Å²) in [6.07, 6.45) is 0.842. The van der Waals surface area contributed by atoms with Crippen LogP contribution in [0.25, 0.3) is 0 Å². The molecule has 12 heavy (non-hydrogen) atoms. The molecule has 0 fully saturated rings. The van der Waals surface area contributed by atoms with Crippen LogP contribution in [-0.2, 0) is 9.53 Å². The third-order valence-electron chi connectivity index (χ3n) is 1.42. The van der Waals surface area contributed by atoms with Crippen LogP contribution in [0.2, 0.25) is 0 Å². The molecule has 0 aliphatic carbocycles. The zero-order valence-corrected chi connectivity index (χ0v) is 8.02. The van der Waals surface area contributed by atoms with Crippen molar-refractivity contribution in [2.45, 2.75) is 27.2 Å². The molecule has 2 nitrogen and oxygen atoms in total. The first-order chi connectivity index (χ1) is 5.63. The molecule has 0 N–H and O–H groups in total. The molecule has 0 saturated carbocycles. The van der Waals surface area contributed by atoms with Crippen LogP contribution >= 0.6 is 0 Å². The van der Waals surface area contributed by atoms with Gasteiger partial charge in [0.05, 0.1) is 12.2 Å². The van der Waals surface area contributed by atoms with Crippen LogP contribution in [0.3, 0.4) is 0 Å². The standard InChI is InChI=1S/C10H16O2/c1-5-7-12-10(11)9(6-2)8(3)4/h8H,2,5,7H2,1,3-4H3. The number of hydrogen-bond acceptors (Lipinski definition) is 2. The van der Waals surface area contributed by atoms with Gasteiger partial charge < -0.3 is 4.74 Å². The fourth-order valence-electron chi connectivity index (χ4n) is 0.785. The second-order valence-corrected chi connectivity index (χ2v) is 2.88. The summed E-state index contributed by atoms with van der Waals surface area (Å²) in [7, 11) is 0. The highest BCUT2D eigenvalue weighted by Crippen LogP contribution is 2.09. The molecule has 0 bridgehead atoms. The highest BCUT2D eigenvalue weighted by molar-refractivity contribution is 5.88. The van der Waals surface area contributed by atoms with E-state index in [0.29, 0.717) is 12.2 Å². The summed E-state index contributed by atoms with van der Waals surface area (Å²) in [5.74, 6) is -0.159. The SMILES string of the molecule is C=C=C(C(=O)OCCC)C(C)C. The molecule has 0 spiro atoms. The van der Waals surface area contributed by atoms with Crippen molar-refractivity contribution in [1.82, 2.24) is 0 Å². The molecule has 0 amide bonds. The third-order valence-corrected chi connectivity index (χ3v) is 1.42. The summed E-state index contributed by atoms with van der Waals surface area (Å²) in [6.45, 7) is 9.71. The Hall–Kier alpha value is -1.01. The second-order valence-electron chi connectivity index (χ2n) is 2.88. The summed E-state index contributed by atoms with van der Waals surface area (Å²) in [5, 5.41) is 0. The zero-order valence-electron chi connectivity index (χ0n) is 8.02. The normalized spacial score (nSPS) is 9.33. The molecular weight excluding hydrogens is 152 g/mol. The predicted molar refractivity (Wildman–Crippen MR) is 48.7 cm³/mol. The summed E-state index contributed by atoms with van der Waals surface area (Å²) in [4.78, 5) is 11.2. The molecule has 0 radical (unpaired) electrons. The van der Waals surface area contributed by atoms with E-state index in [1.165, 1.54) is 0 Å². The van der Waals surface area contributed by atoms with Gasteiger partial charge in [0.25, 0.3) is 0 Å². The van der Waals surface area contributed by atoms with Crippen molar-refractivity contribution in [1.29, 1.82) is 0 Å². The molecule has 0 heterocycles. The fraction of sp³-hybridized carbons (Fsp3) is 0.600. The van der Waals surface area contributed by atoms with Crippen LogP contribution in [0.15, 0.2) is 17.9 Å². The van der Waals surface area contributed by atoms with Gasteiger partial charge in [-0.1, -0.05) is 27.4 Å². The van der Waals surface area contributed by atoms with Crippen molar-refractivity contribution < 1.29 is 9.53 Å². The lowest BCUT2D eigenvalue weighted by Crippen LogP contribution is -2.12. The lowest BCUT2D eigenvalue weighted by atomic mass is 10.1. The largest absolute Gasteiger partial charge is 0.462 e. The smallest absolute Gasteiger partial charge is 0.342 e. The van der Waals surface area contributed by atoms with E-state index in [1.807, 2.05) is 20.8 Å². The van der Waals surface area contributed by atoms with Gasteiger partial charge in [-0.25, -0.2) is 4.79 Å². The van der Waals surface area contributed by atoms with E-state index in [-0.39, 0.29) is 11.9 Å². The topological polar surface area (TPSA) is 26.3 Å². The van der Waals surface area contributed by atoms with Gasteiger partial charge in [0.1, 0.15) is 0 Å². The Morgan fingerprint density at radius 2 is 2.17 bits per heavy atom. The van der Waals surface area contributed by atoms with Gasteiger partial charge in [0, 0.05) is 0 Å². The summed E-state index contributed by atoms with van der Waals surface area (Å²) in [5.41, 5.74) is 3.13. The molecular formula is C10H16O2. The first-order valence-electron chi connectivity index (χ1n) is 4.20. The van der Waals surface area contributed by atoms with E-state index in [4.69, 9.17) is 4.74 Å². The second kappa shape index (κ2) is 5.62. The van der Waals surface area contributed by atoms with Crippen molar-refractivity contribution in [3.63, 3.8) is 0 Å². The van der Waals surface area contributed by atoms with Crippen molar-refractivity contribution in [2.75, 3.05) is 6.61 Å².